The quantitative estimate of drug-likeness (QED) is 0.173. The molecule has 0 aliphatic carbocycles. The molecule has 0 atom stereocenters. The summed E-state index contributed by atoms with van der Waals surface area (Å²) in [4.78, 5) is 10.9. The van der Waals surface area contributed by atoms with Gasteiger partial charge in [0.25, 0.3) is 0 Å². The zero-order valence-corrected chi connectivity index (χ0v) is 9.36. The van der Waals surface area contributed by atoms with Crippen LogP contribution >= 0.6 is 0 Å². The van der Waals surface area contributed by atoms with Gasteiger partial charge in [0.15, 0.2) is 0 Å². The molecule has 0 bridgehead atoms. The first-order chi connectivity index (χ1) is 9.46. The fraction of sp³-hybridized carbons (Fsp3) is 0.100. The third kappa shape index (κ3) is 3.41. The molecule has 0 unspecified atom stereocenters. The van der Waals surface area contributed by atoms with E-state index in [4.69, 9.17) is 5.11 Å². The molecule has 0 radical (unpaired) electrons. The molecule has 1 aromatic rings. The van der Waals surface area contributed by atoms with E-state index >= 15 is 0 Å². The lowest BCUT2D eigenvalue weighted by Gasteiger charge is -2.08. The van der Waals surface area contributed by atoms with Crippen molar-refractivity contribution in [2.24, 2.45) is 0 Å². The van der Waals surface area contributed by atoms with E-state index in [0.717, 1.165) is 0 Å². The maximum Gasteiger partial charge on any atom is 0.448 e. The Bertz CT molecular complexity index is 591. The van der Waals surface area contributed by atoms with Crippen LogP contribution in [0.15, 0.2) is 11.8 Å². The number of carbonyl (C=O) groups excluding carboxylic acids is 1. The first-order valence-electron chi connectivity index (χ1n) is 4.68. The topological polar surface area (TPSA) is 46.5 Å². The summed E-state index contributed by atoms with van der Waals surface area (Å²) < 4.78 is 103. The Hall–Kier alpha value is -2.33. The van der Waals surface area contributed by atoms with Gasteiger partial charge in [-0.3, -0.25) is 0 Å². The number of carbonyl (C=O) groups is 1. The maximum atomic E-state index is 13.0. The number of aliphatic hydroxyl groups is 1. The lowest BCUT2D eigenvalue weighted by atomic mass is 10.2. The highest BCUT2D eigenvalue weighted by atomic mass is 19.4. The number of benzene rings is 1. The molecule has 0 saturated heterocycles. The molecule has 21 heavy (non-hydrogen) atoms. The first-order valence-corrected chi connectivity index (χ1v) is 4.68. The van der Waals surface area contributed by atoms with Gasteiger partial charge in [0.1, 0.15) is 0 Å². The van der Waals surface area contributed by atoms with E-state index in [1.165, 1.54) is 0 Å². The fourth-order valence-electron chi connectivity index (χ4n) is 0.998. The van der Waals surface area contributed by atoms with Gasteiger partial charge in [-0.05, 0) is 0 Å². The maximum absolute atomic E-state index is 13.0. The molecule has 116 valence electrons. The Morgan fingerprint density at radius 3 is 1.67 bits per heavy atom. The van der Waals surface area contributed by atoms with Gasteiger partial charge in [0, 0.05) is 0 Å². The van der Waals surface area contributed by atoms with Crippen LogP contribution in [-0.2, 0) is 4.79 Å². The highest BCUT2D eigenvalue weighted by Gasteiger charge is 2.35. The first kappa shape index (κ1) is 16.7. The molecule has 0 spiro atoms. The largest absolute Gasteiger partial charge is 0.504 e. The minimum Gasteiger partial charge on any atom is -0.504 e. The van der Waals surface area contributed by atoms with Gasteiger partial charge in [0.05, 0.1) is 6.08 Å². The van der Waals surface area contributed by atoms with Gasteiger partial charge in [0.2, 0.25) is 40.6 Å². The molecule has 11 heteroatoms. The van der Waals surface area contributed by atoms with Crippen molar-refractivity contribution in [2.75, 3.05) is 0 Å². The summed E-state index contributed by atoms with van der Waals surface area (Å²) in [6.45, 7) is 0. The van der Waals surface area contributed by atoms with Gasteiger partial charge >= 0.3 is 12.1 Å². The summed E-state index contributed by atoms with van der Waals surface area (Å²) in [7, 11) is 0. The Labute approximate surface area is 110 Å². The molecule has 0 heterocycles. The highest BCUT2D eigenvalue weighted by Crippen LogP contribution is 2.29. The number of ether oxygens (including phenoxy) is 1. The van der Waals surface area contributed by atoms with Crippen molar-refractivity contribution >= 4 is 5.97 Å². The summed E-state index contributed by atoms with van der Waals surface area (Å²) in [5, 5.41) is 8.37. The third-order valence-corrected chi connectivity index (χ3v) is 1.92. The van der Waals surface area contributed by atoms with Crippen molar-refractivity contribution in [3.63, 3.8) is 0 Å². The SMILES string of the molecule is O=C(C=C(O)C(F)(F)F)Oc1c(F)c(F)c(F)c(F)c1F. The molecular weight excluding hydrogens is 320 g/mol. The predicted octanol–water partition coefficient (Wildman–Crippen LogP) is 3.29. The van der Waals surface area contributed by atoms with Crippen molar-refractivity contribution < 1.29 is 49.8 Å². The average Bonchev–Trinajstić information content (AvgIpc) is 2.38. The number of aliphatic hydroxyl groups excluding tert-OH is 1. The van der Waals surface area contributed by atoms with Crippen LogP contribution in [0.25, 0.3) is 0 Å². The zero-order chi connectivity index (χ0) is 16.5. The van der Waals surface area contributed by atoms with E-state index in [-0.39, 0.29) is 0 Å². The van der Waals surface area contributed by atoms with Gasteiger partial charge in [-0.15, -0.1) is 0 Å². The Morgan fingerprint density at radius 1 is 0.905 bits per heavy atom. The second-order valence-electron chi connectivity index (χ2n) is 3.35. The summed E-state index contributed by atoms with van der Waals surface area (Å²) in [6, 6.07) is 0. The van der Waals surface area contributed by atoms with Crippen molar-refractivity contribution in [1.29, 1.82) is 0 Å². The van der Waals surface area contributed by atoms with E-state index in [1.54, 1.807) is 0 Å². The molecule has 3 nitrogen and oxygen atoms in total. The van der Waals surface area contributed by atoms with Crippen molar-refractivity contribution in [1.82, 2.24) is 0 Å². The second kappa shape index (κ2) is 5.58. The Balaban J connectivity index is 3.19. The van der Waals surface area contributed by atoms with Crippen molar-refractivity contribution in [3.8, 4) is 5.75 Å². The van der Waals surface area contributed by atoms with E-state index in [2.05, 4.69) is 4.74 Å². The Kier molecular flexibility index (Phi) is 4.44. The third-order valence-electron chi connectivity index (χ3n) is 1.92. The van der Waals surface area contributed by atoms with Crippen molar-refractivity contribution in [2.45, 2.75) is 6.18 Å². The molecular formula is C10H2F8O3. The van der Waals surface area contributed by atoms with Crippen LogP contribution in [0.3, 0.4) is 0 Å². The number of esters is 1. The van der Waals surface area contributed by atoms with Crippen LogP contribution in [0.5, 0.6) is 5.75 Å². The minimum absolute atomic E-state index is 0.641. The minimum atomic E-state index is -5.37. The van der Waals surface area contributed by atoms with Crippen LogP contribution in [-0.4, -0.2) is 17.3 Å². The number of hydrogen-bond donors (Lipinski definition) is 1. The molecule has 0 aromatic heterocycles. The van der Waals surface area contributed by atoms with E-state index < -0.39 is 58.8 Å². The fourth-order valence-corrected chi connectivity index (χ4v) is 0.998. The Morgan fingerprint density at radius 2 is 1.29 bits per heavy atom. The number of rotatable bonds is 2. The average molecular weight is 322 g/mol. The molecule has 0 saturated carbocycles. The smallest absolute Gasteiger partial charge is 0.448 e. The summed E-state index contributed by atoms with van der Waals surface area (Å²) in [5.74, 6) is -19.4. The van der Waals surface area contributed by atoms with E-state index in [9.17, 15) is 39.9 Å². The zero-order valence-electron chi connectivity index (χ0n) is 9.36. The van der Waals surface area contributed by atoms with Crippen LogP contribution < -0.4 is 4.74 Å². The normalized spacial score (nSPS) is 12.5. The number of allylic oxidation sites excluding steroid dienone is 1. The molecule has 0 aliphatic heterocycles. The van der Waals surface area contributed by atoms with Crippen LogP contribution in [0.4, 0.5) is 35.1 Å². The molecule has 0 aliphatic rings. The van der Waals surface area contributed by atoms with Crippen LogP contribution in [0.2, 0.25) is 0 Å². The predicted molar refractivity (Wildman–Crippen MR) is 48.6 cm³/mol. The summed E-state index contributed by atoms with van der Waals surface area (Å²) in [6.07, 6.45) is -6.01. The lowest BCUT2D eigenvalue weighted by Crippen LogP contribution is -2.16. The van der Waals surface area contributed by atoms with Gasteiger partial charge < -0.3 is 9.84 Å². The summed E-state index contributed by atoms with van der Waals surface area (Å²) in [5.41, 5.74) is 0. The lowest BCUT2D eigenvalue weighted by molar-refractivity contribution is -0.134. The molecule has 0 fully saturated rings. The van der Waals surface area contributed by atoms with Crippen molar-refractivity contribution in [3.05, 3.63) is 40.9 Å². The molecule has 0 amide bonds. The van der Waals surface area contributed by atoms with Gasteiger partial charge in [-0.1, -0.05) is 0 Å². The van der Waals surface area contributed by atoms with E-state index in [1.807, 2.05) is 0 Å². The number of hydrogen-bond acceptors (Lipinski definition) is 3. The highest BCUT2D eigenvalue weighted by molar-refractivity contribution is 5.84. The number of halogens is 8. The summed E-state index contributed by atoms with van der Waals surface area (Å²) >= 11 is 0. The second-order valence-corrected chi connectivity index (χ2v) is 3.35. The molecule has 1 N–H and O–H groups in total. The van der Waals surface area contributed by atoms with Gasteiger partial charge in [-0.2, -0.15) is 22.0 Å². The standard InChI is InChI=1S/C10H2F8O3/c11-4-5(12)7(14)9(8(15)6(4)13)21-3(20)1-2(19)10(16,17)18/h1,19H. The van der Waals surface area contributed by atoms with Crippen LogP contribution in [0.1, 0.15) is 0 Å². The molecule has 1 aromatic carbocycles. The van der Waals surface area contributed by atoms with E-state index in [0.29, 0.717) is 0 Å². The van der Waals surface area contributed by atoms with Gasteiger partial charge in [-0.25, -0.2) is 18.0 Å². The van der Waals surface area contributed by atoms with Crippen LogP contribution in [0, 0.1) is 29.1 Å². The number of alkyl halides is 3. The molecule has 1 rings (SSSR count). The monoisotopic (exact) mass is 322 g/mol.